The van der Waals surface area contributed by atoms with Gasteiger partial charge in [-0.1, -0.05) is 18.2 Å². The van der Waals surface area contributed by atoms with Gasteiger partial charge in [0, 0.05) is 37.8 Å². The van der Waals surface area contributed by atoms with Crippen LogP contribution in [0.3, 0.4) is 0 Å². The van der Waals surface area contributed by atoms with E-state index in [2.05, 4.69) is 29.7 Å². The zero-order valence-corrected chi connectivity index (χ0v) is 19.9. The molecule has 1 aliphatic heterocycles. The Hall–Kier alpha value is -1.06. The summed E-state index contributed by atoms with van der Waals surface area (Å²) in [5, 5.41) is 6.71. The Kier molecular flexibility index (Phi) is 11.7. The molecule has 3 rings (SSSR count). The van der Waals surface area contributed by atoms with Crippen molar-refractivity contribution in [2.75, 3.05) is 39.5 Å². The second kappa shape index (κ2) is 14.0. The van der Waals surface area contributed by atoms with Gasteiger partial charge >= 0.3 is 0 Å². The fraction of sp³-hybridized carbons (Fsp3) is 0.682. The number of ether oxygens (including phenoxy) is 3. The lowest BCUT2D eigenvalue weighted by Crippen LogP contribution is -2.38. The highest BCUT2D eigenvalue weighted by Gasteiger charge is 2.20. The second-order valence-corrected chi connectivity index (χ2v) is 7.56. The van der Waals surface area contributed by atoms with Crippen LogP contribution in [0.25, 0.3) is 0 Å². The van der Waals surface area contributed by atoms with E-state index in [1.54, 1.807) is 0 Å². The first-order chi connectivity index (χ1) is 13.8. The SMILES string of the molecule is CCNC(=NCc1ccccc1OC1CCC1)NCCCOCC1CCOC1.I. The van der Waals surface area contributed by atoms with Crippen LogP contribution in [0, 0.1) is 5.92 Å². The monoisotopic (exact) mass is 517 g/mol. The normalized spacial score (nSPS) is 19.3. The lowest BCUT2D eigenvalue weighted by molar-refractivity contribution is 0.0888. The summed E-state index contributed by atoms with van der Waals surface area (Å²) < 4.78 is 17.2. The Labute approximate surface area is 192 Å². The van der Waals surface area contributed by atoms with Crippen molar-refractivity contribution in [3.05, 3.63) is 29.8 Å². The molecule has 6 nitrogen and oxygen atoms in total. The summed E-state index contributed by atoms with van der Waals surface area (Å²) in [5.41, 5.74) is 1.13. The zero-order valence-electron chi connectivity index (χ0n) is 17.5. The molecular formula is C22H36IN3O3. The predicted octanol–water partition coefficient (Wildman–Crippen LogP) is 3.73. The smallest absolute Gasteiger partial charge is 0.191 e. The Morgan fingerprint density at radius 1 is 1.21 bits per heavy atom. The maximum Gasteiger partial charge on any atom is 0.191 e. The molecule has 2 N–H and O–H groups in total. The van der Waals surface area contributed by atoms with E-state index < -0.39 is 0 Å². The van der Waals surface area contributed by atoms with Crippen LogP contribution in [0.2, 0.25) is 0 Å². The molecule has 0 aromatic heterocycles. The second-order valence-electron chi connectivity index (χ2n) is 7.56. The predicted molar refractivity (Wildman–Crippen MR) is 127 cm³/mol. The lowest BCUT2D eigenvalue weighted by Gasteiger charge is -2.27. The van der Waals surface area contributed by atoms with Crippen LogP contribution in [0.15, 0.2) is 29.3 Å². The van der Waals surface area contributed by atoms with E-state index in [1.807, 2.05) is 12.1 Å². The van der Waals surface area contributed by atoms with E-state index in [0.717, 1.165) is 82.5 Å². The van der Waals surface area contributed by atoms with Gasteiger partial charge in [0.2, 0.25) is 0 Å². The van der Waals surface area contributed by atoms with Crippen LogP contribution in [0.5, 0.6) is 5.75 Å². The Morgan fingerprint density at radius 2 is 2.07 bits per heavy atom. The van der Waals surface area contributed by atoms with Crippen LogP contribution in [0.4, 0.5) is 0 Å². The number of para-hydroxylation sites is 1. The van der Waals surface area contributed by atoms with E-state index in [9.17, 15) is 0 Å². The summed E-state index contributed by atoms with van der Waals surface area (Å²) in [6, 6.07) is 8.23. The minimum Gasteiger partial charge on any atom is -0.490 e. The number of guanidine groups is 1. The largest absolute Gasteiger partial charge is 0.490 e. The first-order valence-corrected chi connectivity index (χ1v) is 10.8. The number of hydrogen-bond donors (Lipinski definition) is 2. The number of rotatable bonds is 11. The van der Waals surface area contributed by atoms with E-state index in [0.29, 0.717) is 18.6 Å². The summed E-state index contributed by atoms with van der Waals surface area (Å²) in [5.74, 6) is 2.38. The van der Waals surface area contributed by atoms with Crippen molar-refractivity contribution in [3.63, 3.8) is 0 Å². The summed E-state index contributed by atoms with van der Waals surface area (Å²) >= 11 is 0. The van der Waals surface area contributed by atoms with Crippen molar-refractivity contribution in [1.29, 1.82) is 0 Å². The molecule has 0 spiro atoms. The van der Waals surface area contributed by atoms with E-state index in [-0.39, 0.29) is 24.0 Å². The van der Waals surface area contributed by atoms with Gasteiger partial charge in [-0.25, -0.2) is 4.99 Å². The highest BCUT2D eigenvalue weighted by molar-refractivity contribution is 14.0. The summed E-state index contributed by atoms with van der Waals surface area (Å²) in [6.45, 7) is 7.67. The number of halogens is 1. The maximum atomic E-state index is 6.11. The van der Waals surface area contributed by atoms with Crippen LogP contribution >= 0.6 is 24.0 Å². The molecule has 29 heavy (non-hydrogen) atoms. The Bertz CT molecular complexity index is 605. The van der Waals surface area contributed by atoms with Gasteiger partial charge in [0.25, 0.3) is 0 Å². The van der Waals surface area contributed by atoms with Crippen molar-refractivity contribution in [1.82, 2.24) is 10.6 Å². The fourth-order valence-electron chi connectivity index (χ4n) is 3.27. The lowest BCUT2D eigenvalue weighted by atomic mass is 9.96. The fourth-order valence-corrected chi connectivity index (χ4v) is 3.27. The third-order valence-corrected chi connectivity index (χ3v) is 5.21. The molecule has 1 heterocycles. The van der Waals surface area contributed by atoms with Crippen LogP contribution < -0.4 is 15.4 Å². The molecule has 164 valence electrons. The number of hydrogen-bond acceptors (Lipinski definition) is 4. The van der Waals surface area contributed by atoms with Crippen molar-refractivity contribution in [3.8, 4) is 5.75 Å². The zero-order chi connectivity index (χ0) is 19.4. The maximum absolute atomic E-state index is 6.11. The molecule has 2 fully saturated rings. The van der Waals surface area contributed by atoms with E-state index in [4.69, 9.17) is 19.2 Å². The molecule has 1 saturated heterocycles. The number of nitrogens with zero attached hydrogens (tertiary/aromatic N) is 1. The minimum absolute atomic E-state index is 0. The quantitative estimate of drug-likeness (QED) is 0.203. The van der Waals surface area contributed by atoms with Gasteiger partial charge in [0.15, 0.2) is 5.96 Å². The molecule has 1 unspecified atom stereocenters. The van der Waals surface area contributed by atoms with Gasteiger partial charge in [-0.15, -0.1) is 24.0 Å². The molecule has 1 aromatic carbocycles. The van der Waals surface area contributed by atoms with Crippen molar-refractivity contribution in [2.24, 2.45) is 10.9 Å². The molecule has 7 heteroatoms. The minimum atomic E-state index is 0. The molecule has 0 amide bonds. The highest BCUT2D eigenvalue weighted by Crippen LogP contribution is 2.27. The third-order valence-electron chi connectivity index (χ3n) is 5.21. The number of aliphatic imine (C=N–C) groups is 1. The van der Waals surface area contributed by atoms with Gasteiger partial charge in [-0.05, 0) is 45.1 Å². The number of nitrogens with one attached hydrogen (secondary N) is 2. The van der Waals surface area contributed by atoms with Crippen molar-refractivity contribution in [2.45, 2.75) is 51.7 Å². The van der Waals surface area contributed by atoms with E-state index in [1.165, 1.54) is 6.42 Å². The molecule has 1 aromatic rings. The van der Waals surface area contributed by atoms with Crippen LogP contribution in [-0.2, 0) is 16.0 Å². The third kappa shape index (κ3) is 8.68. The molecular weight excluding hydrogens is 481 g/mol. The van der Waals surface area contributed by atoms with E-state index >= 15 is 0 Å². The summed E-state index contributed by atoms with van der Waals surface area (Å²) in [6.07, 6.45) is 6.07. The number of benzene rings is 1. The topological polar surface area (TPSA) is 64.1 Å². The molecule has 0 bridgehead atoms. The highest BCUT2D eigenvalue weighted by atomic mass is 127. The standard InChI is InChI=1S/C22H35N3O3.HI/c1-2-23-22(24-12-6-13-26-16-18-11-14-27-17-18)25-15-19-7-3-4-10-21(19)28-20-8-5-9-20;/h3-4,7,10,18,20H,2,5-6,8-9,11-17H2,1H3,(H2,23,24,25);1H. The van der Waals surface area contributed by atoms with Crippen LogP contribution in [-0.4, -0.2) is 51.6 Å². The summed E-state index contributed by atoms with van der Waals surface area (Å²) in [4.78, 5) is 4.73. The summed E-state index contributed by atoms with van der Waals surface area (Å²) in [7, 11) is 0. The van der Waals surface area contributed by atoms with Crippen molar-refractivity contribution >= 4 is 29.9 Å². The molecule has 0 radical (unpaired) electrons. The van der Waals surface area contributed by atoms with Crippen LogP contribution in [0.1, 0.15) is 44.6 Å². The first-order valence-electron chi connectivity index (χ1n) is 10.8. The average molecular weight is 517 g/mol. The van der Waals surface area contributed by atoms with Crippen molar-refractivity contribution < 1.29 is 14.2 Å². The van der Waals surface area contributed by atoms with Gasteiger partial charge in [-0.3, -0.25) is 0 Å². The first kappa shape index (κ1) is 24.2. The average Bonchev–Trinajstić information content (AvgIpc) is 3.19. The Balaban J connectivity index is 0.00000300. The molecule has 2 aliphatic rings. The van der Waals surface area contributed by atoms with Gasteiger partial charge < -0.3 is 24.8 Å². The molecule has 1 atom stereocenters. The molecule has 1 saturated carbocycles. The van der Waals surface area contributed by atoms with Gasteiger partial charge in [0.05, 0.1) is 25.9 Å². The Morgan fingerprint density at radius 3 is 2.79 bits per heavy atom. The van der Waals surface area contributed by atoms with Gasteiger partial charge in [0.1, 0.15) is 5.75 Å². The molecule has 1 aliphatic carbocycles. The van der Waals surface area contributed by atoms with Gasteiger partial charge in [-0.2, -0.15) is 0 Å².